The average molecular weight is 331 g/mol. The molecule has 0 unspecified atom stereocenters. The highest BCUT2D eigenvalue weighted by atomic mass is 19.1. The third-order valence-electron chi connectivity index (χ3n) is 3.87. The monoisotopic (exact) mass is 331 g/mol. The van der Waals surface area contributed by atoms with Gasteiger partial charge in [0.05, 0.1) is 11.5 Å². The molecule has 5 nitrogen and oxygen atoms in total. The standard InChI is InChI=1S/C18H18FNO4/c1-2-3-17(21)23-14-7-4-12(5-8-14)18(22)24-15-9-6-13(11-20)16(19)10-15/h2-3,6,9-10,12,14H,4-5,7-8H2,1H3/b3-2+. The molecule has 0 aliphatic heterocycles. The van der Waals surface area contributed by atoms with Gasteiger partial charge in [-0.25, -0.2) is 9.18 Å². The van der Waals surface area contributed by atoms with Crippen LogP contribution in [0.1, 0.15) is 38.2 Å². The van der Waals surface area contributed by atoms with E-state index >= 15 is 0 Å². The Kier molecular flexibility index (Phi) is 6.07. The summed E-state index contributed by atoms with van der Waals surface area (Å²) in [6, 6.07) is 5.40. The van der Waals surface area contributed by atoms with E-state index in [0.29, 0.717) is 25.7 Å². The van der Waals surface area contributed by atoms with Crippen molar-refractivity contribution >= 4 is 11.9 Å². The topological polar surface area (TPSA) is 76.4 Å². The first-order valence-electron chi connectivity index (χ1n) is 7.78. The minimum Gasteiger partial charge on any atom is -0.459 e. The van der Waals surface area contributed by atoms with Crippen molar-refractivity contribution < 1.29 is 23.5 Å². The van der Waals surface area contributed by atoms with Gasteiger partial charge in [-0.05, 0) is 44.7 Å². The number of ether oxygens (including phenoxy) is 2. The molecule has 2 rings (SSSR count). The average Bonchev–Trinajstić information content (AvgIpc) is 2.56. The molecule has 1 aromatic rings. The van der Waals surface area contributed by atoms with Crippen LogP contribution in [0.5, 0.6) is 5.75 Å². The molecule has 1 aliphatic carbocycles. The molecule has 0 aromatic heterocycles. The van der Waals surface area contributed by atoms with E-state index in [1.807, 2.05) is 0 Å². The van der Waals surface area contributed by atoms with Crippen LogP contribution in [0.2, 0.25) is 0 Å². The smallest absolute Gasteiger partial charge is 0.330 e. The highest BCUT2D eigenvalue weighted by Crippen LogP contribution is 2.28. The molecule has 0 bridgehead atoms. The normalized spacial score (nSPS) is 20.4. The number of nitriles is 1. The van der Waals surface area contributed by atoms with Crippen LogP contribution in [-0.2, 0) is 14.3 Å². The number of allylic oxidation sites excluding steroid dienone is 1. The number of carbonyl (C=O) groups excluding carboxylic acids is 2. The summed E-state index contributed by atoms with van der Waals surface area (Å²) in [6.45, 7) is 1.74. The fraction of sp³-hybridized carbons (Fsp3) is 0.389. The second-order valence-corrected chi connectivity index (χ2v) is 5.59. The maximum atomic E-state index is 13.5. The molecule has 1 aliphatic rings. The minimum atomic E-state index is -0.720. The Balaban J connectivity index is 1.86. The van der Waals surface area contributed by atoms with E-state index < -0.39 is 11.8 Å². The van der Waals surface area contributed by atoms with Gasteiger partial charge < -0.3 is 9.47 Å². The summed E-state index contributed by atoms with van der Waals surface area (Å²) in [4.78, 5) is 23.5. The van der Waals surface area contributed by atoms with Crippen LogP contribution in [-0.4, -0.2) is 18.0 Å². The van der Waals surface area contributed by atoms with Gasteiger partial charge >= 0.3 is 11.9 Å². The molecular weight excluding hydrogens is 313 g/mol. The molecule has 24 heavy (non-hydrogen) atoms. The van der Waals surface area contributed by atoms with Gasteiger partial charge in [0.1, 0.15) is 23.7 Å². The molecular formula is C18H18FNO4. The molecule has 1 aromatic carbocycles. The van der Waals surface area contributed by atoms with E-state index in [4.69, 9.17) is 14.7 Å². The Hall–Kier alpha value is -2.68. The quantitative estimate of drug-likeness (QED) is 0.481. The summed E-state index contributed by atoms with van der Waals surface area (Å²) in [5.41, 5.74) is -0.0988. The second kappa shape index (κ2) is 8.25. The fourth-order valence-electron chi connectivity index (χ4n) is 2.61. The number of benzene rings is 1. The Bertz CT molecular complexity index is 685. The van der Waals surface area contributed by atoms with Crippen LogP contribution in [0.3, 0.4) is 0 Å². The maximum absolute atomic E-state index is 13.5. The molecule has 6 heteroatoms. The molecule has 0 amide bonds. The number of esters is 2. The van der Waals surface area contributed by atoms with Crippen molar-refractivity contribution in [2.24, 2.45) is 5.92 Å². The van der Waals surface area contributed by atoms with Gasteiger partial charge in [0.15, 0.2) is 0 Å². The van der Waals surface area contributed by atoms with E-state index in [2.05, 4.69) is 0 Å². The van der Waals surface area contributed by atoms with Crippen LogP contribution >= 0.6 is 0 Å². The molecule has 0 saturated heterocycles. The zero-order valence-electron chi connectivity index (χ0n) is 13.3. The summed E-state index contributed by atoms with van der Waals surface area (Å²) in [6.07, 6.45) is 5.05. The number of hydrogen-bond acceptors (Lipinski definition) is 5. The van der Waals surface area contributed by atoms with Crippen molar-refractivity contribution in [3.05, 3.63) is 41.7 Å². The molecule has 0 heterocycles. The lowest BCUT2D eigenvalue weighted by atomic mass is 9.87. The number of halogens is 1. The molecule has 1 fully saturated rings. The predicted molar refractivity (Wildman–Crippen MR) is 83.4 cm³/mol. The molecule has 126 valence electrons. The lowest BCUT2D eigenvalue weighted by molar-refractivity contribution is -0.147. The summed E-state index contributed by atoms with van der Waals surface area (Å²) in [7, 11) is 0. The Morgan fingerprint density at radius 2 is 2.00 bits per heavy atom. The lowest BCUT2D eigenvalue weighted by Crippen LogP contribution is -2.29. The van der Waals surface area contributed by atoms with Crippen molar-refractivity contribution in [2.75, 3.05) is 0 Å². The molecule has 0 N–H and O–H groups in total. The van der Waals surface area contributed by atoms with Gasteiger partial charge in [-0.3, -0.25) is 4.79 Å². The SMILES string of the molecule is C/C=C/C(=O)OC1CCC(C(=O)Oc2ccc(C#N)c(F)c2)CC1. The summed E-state index contributed by atoms with van der Waals surface area (Å²) in [5, 5.41) is 8.68. The molecule has 0 atom stereocenters. The first-order valence-corrected chi connectivity index (χ1v) is 7.78. The van der Waals surface area contributed by atoms with Crippen molar-refractivity contribution in [2.45, 2.75) is 38.7 Å². The minimum absolute atomic E-state index is 0.0816. The lowest BCUT2D eigenvalue weighted by Gasteiger charge is -2.26. The van der Waals surface area contributed by atoms with Crippen LogP contribution in [0.15, 0.2) is 30.4 Å². The van der Waals surface area contributed by atoms with Gasteiger partial charge in [-0.15, -0.1) is 0 Å². The fourth-order valence-corrected chi connectivity index (χ4v) is 2.61. The number of rotatable bonds is 4. The summed E-state index contributed by atoms with van der Waals surface area (Å²) in [5.74, 6) is -1.75. The van der Waals surface area contributed by atoms with E-state index in [1.54, 1.807) is 19.1 Å². The van der Waals surface area contributed by atoms with Gasteiger partial charge in [0.25, 0.3) is 0 Å². The maximum Gasteiger partial charge on any atom is 0.330 e. The van der Waals surface area contributed by atoms with E-state index in [-0.39, 0.29) is 29.3 Å². The van der Waals surface area contributed by atoms with Crippen LogP contribution in [0.25, 0.3) is 0 Å². The third kappa shape index (κ3) is 4.66. The van der Waals surface area contributed by atoms with Crippen LogP contribution in [0, 0.1) is 23.1 Å². The highest BCUT2D eigenvalue weighted by Gasteiger charge is 2.29. The second-order valence-electron chi connectivity index (χ2n) is 5.59. The molecule has 0 spiro atoms. The van der Waals surface area contributed by atoms with Gasteiger partial charge in [0, 0.05) is 12.1 Å². The molecule has 1 saturated carbocycles. The van der Waals surface area contributed by atoms with Crippen molar-refractivity contribution in [1.82, 2.24) is 0 Å². The van der Waals surface area contributed by atoms with Crippen LogP contribution in [0.4, 0.5) is 4.39 Å². The Morgan fingerprint density at radius 1 is 1.29 bits per heavy atom. The number of carbonyl (C=O) groups is 2. The van der Waals surface area contributed by atoms with E-state index in [0.717, 1.165) is 6.07 Å². The van der Waals surface area contributed by atoms with E-state index in [1.165, 1.54) is 18.2 Å². The predicted octanol–water partition coefficient (Wildman–Crippen LogP) is 3.28. The third-order valence-corrected chi connectivity index (χ3v) is 3.87. The van der Waals surface area contributed by atoms with E-state index in [9.17, 15) is 14.0 Å². The summed E-state index contributed by atoms with van der Waals surface area (Å²) < 4.78 is 24.0. The largest absolute Gasteiger partial charge is 0.459 e. The highest BCUT2D eigenvalue weighted by molar-refractivity contribution is 5.82. The van der Waals surface area contributed by atoms with Gasteiger partial charge in [-0.1, -0.05) is 6.08 Å². The van der Waals surface area contributed by atoms with Gasteiger partial charge in [-0.2, -0.15) is 5.26 Å². The van der Waals surface area contributed by atoms with Crippen molar-refractivity contribution in [1.29, 1.82) is 5.26 Å². The van der Waals surface area contributed by atoms with Crippen molar-refractivity contribution in [3.63, 3.8) is 0 Å². The Morgan fingerprint density at radius 3 is 2.58 bits per heavy atom. The molecule has 0 radical (unpaired) electrons. The Labute approximate surface area is 139 Å². The number of nitrogens with zero attached hydrogens (tertiary/aromatic N) is 1. The first-order chi connectivity index (χ1) is 11.5. The van der Waals surface area contributed by atoms with Crippen LogP contribution < -0.4 is 4.74 Å². The van der Waals surface area contributed by atoms with Crippen molar-refractivity contribution in [3.8, 4) is 11.8 Å². The summed E-state index contributed by atoms with van der Waals surface area (Å²) >= 11 is 0. The zero-order valence-corrected chi connectivity index (χ0v) is 13.3. The van der Waals surface area contributed by atoms with Gasteiger partial charge in [0.2, 0.25) is 0 Å². The first kappa shape index (κ1) is 17.7. The number of hydrogen-bond donors (Lipinski definition) is 0. The zero-order chi connectivity index (χ0) is 17.5.